The zero-order valence-electron chi connectivity index (χ0n) is 41.9. The maximum atomic E-state index is 13.1. The molecule has 3 unspecified atom stereocenters. The number of benzene rings is 4. The summed E-state index contributed by atoms with van der Waals surface area (Å²) in [5.74, 6) is -2.35. The normalized spacial score (nSPS) is 12.6. The molecule has 400 valence electrons. The average Bonchev–Trinajstić information content (AvgIpc) is 3.35. The number of aromatic hydroxyl groups is 2. The fourth-order valence-electron chi connectivity index (χ4n) is 7.12. The smallest absolute Gasteiger partial charge is 0.241 e. The zero-order chi connectivity index (χ0) is 54.9. The minimum atomic E-state index is -3.98. The lowest BCUT2D eigenvalue weighted by Crippen LogP contribution is -2.37. The number of rotatable bonds is 23. The van der Waals surface area contributed by atoms with Gasteiger partial charge in [0.1, 0.15) is 11.5 Å². The van der Waals surface area contributed by atoms with Gasteiger partial charge in [-0.2, -0.15) is 0 Å². The van der Waals surface area contributed by atoms with Crippen LogP contribution in [-0.4, -0.2) is 74.9 Å². The lowest BCUT2D eigenvalue weighted by atomic mass is 9.96. The molecule has 0 aliphatic rings. The number of ether oxygens (including phenoxy) is 1. The highest BCUT2D eigenvalue weighted by Crippen LogP contribution is 2.36. The number of pyridine rings is 1. The van der Waals surface area contributed by atoms with Gasteiger partial charge in [0.25, 0.3) is 0 Å². The summed E-state index contributed by atoms with van der Waals surface area (Å²) < 4.78 is 61.3. The summed E-state index contributed by atoms with van der Waals surface area (Å²) in [5.41, 5.74) is 3.01. The minimum absolute atomic E-state index is 0.0152. The molecule has 5 aromatic rings. The largest absolute Gasteiger partial charge is 0.506 e. The van der Waals surface area contributed by atoms with Crippen LogP contribution >= 0.6 is 34.8 Å². The second kappa shape index (κ2) is 28.1. The molecule has 0 spiro atoms. The summed E-state index contributed by atoms with van der Waals surface area (Å²) in [6, 6.07) is 20.6. The molecule has 0 aliphatic heterocycles. The third-order valence-electron chi connectivity index (χ3n) is 11.3. The number of sulfonamides is 2. The lowest BCUT2D eigenvalue weighted by molar-refractivity contribution is -0.120. The number of aryl methyl sites for hydroxylation is 2. The molecule has 0 saturated carbocycles. The van der Waals surface area contributed by atoms with E-state index in [4.69, 9.17) is 39.5 Å². The van der Waals surface area contributed by atoms with Crippen molar-refractivity contribution in [3.05, 3.63) is 117 Å². The number of carbonyl (C=O) groups is 4. The standard InChI is InChI=1S/C30H36Cl2N4O6S.C21H26ClN3O5S/c1-5-19(11-18-9-8-10-20(31)12-18)30(39)35-26-16-24(32)25(17-27(26)37)34-28(38)14-22(7-3)36-43(40,41)23-13-21(6-2)33-29(15-23)42-4;1-4-15-6-8-16(9-7-15)31(29,30)25-13(2)5-10-21(28)24-18-12-20(27)19(11-17(18)22)23-14(3)26/h8-10,12-13,15-17,19,22,36-37H,5-7,11,14H2,1-4H3,(H,34,38)(H,35,39);6-9,11-13,25,27H,4-5,10H2,1-3H3,(H,23,26)(H,24,28). The molecule has 0 saturated heterocycles. The Kier molecular flexibility index (Phi) is 23.0. The topological polar surface area (TPSA) is 271 Å². The van der Waals surface area contributed by atoms with Gasteiger partial charge < -0.3 is 36.2 Å². The number of phenolic OH excluding ortho intramolecular Hbond substituents is 2. The Morgan fingerprint density at radius 2 is 1.26 bits per heavy atom. The van der Waals surface area contributed by atoms with Gasteiger partial charge in [0.2, 0.25) is 49.6 Å². The van der Waals surface area contributed by atoms with Gasteiger partial charge in [0, 0.05) is 66.7 Å². The molecular formula is C51H62Cl3N7O11S2. The first-order valence-electron chi connectivity index (χ1n) is 23.6. The number of halogens is 3. The van der Waals surface area contributed by atoms with Crippen LogP contribution in [-0.2, 0) is 58.5 Å². The van der Waals surface area contributed by atoms with E-state index in [9.17, 15) is 46.2 Å². The molecule has 1 aromatic heterocycles. The maximum absolute atomic E-state index is 13.1. The van der Waals surface area contributed by atoms with Gasteiger partial charge in [-0.1, -0.05) is 86.8 Å². The summed E-state index contributed by atoms with van der Waals surface area (Å²) >= 11 is 18.5. The van der Waals surface area contributed by atoms with E-state index < -0.39 is 43.9 Å². The van der Waals surface area contributed by atoms with Crippen molar-refractivity contribution in [3.8, 4) is 17.4 Å². The monoisotopic (exact) mass is 1120 g/mol. The number of hydrogen-bond donors (Lipinski definition) is 8. The molecule has 1 heterocycles. The number of carbonyl (C=O) groups excluding carboxylic acids is 4. The van der Waals surface area contributed by atoms with Crippen molar-refractivity contribution in [1.82, 2.24) is 14.4 Å². The van der Waals surface area contributed by atoms with E-state index in [2.05, 4.69) is 35.7 Å². The van der Waals surface area contributed by atoms with Gasteiger partial charge in [-0.05, 0) is 99.0 Å². The van der Waals surface area contributed by atoms with Crippen molar-refractivity contribution in [2.24, 2.45) is 5.92 Å². The number of amides is 4. The lowest BCUT2D eigenvalue weighted by Gasteiger charge is -2.19. The summed E-state index contributed by atoms with van der Waals surface area (Å²) in [5, 5.41) is 31.7. The van der Waals surface area contributed by atoms with Crippen molar-refractivity contribution >= 4 is 101 Å². The molecule has 0 fully saturated rings. The zero-order valence-corrected chi connectivity index (χ0v) is 45.8. The number of nitrogens with zero attached hydrogens (tertiary/aromatic N) is 1. The van der Waals surface area contributed by atoms with Gasteiger partial charge in [-0.25, -0.2) is 31.3 Å². The Morgan fingerprint density at radius 1 is 0.662 bits per heavy atom. The Balaban J connectivity index is 0.000000338. The van der Waals surface area contributed by atoms with E-state index in [1.165, 1.54) is 50.4 Å². The Bertz CT molecular complexity index is 3000. The quantitative estimate of drug-likeness (QED) is 0.0284. The van der Waals surface area contributed by atoms with Crippen LogP contribution in [0.2, 0.25) is 15.1 Å². The highest BCUT2D eigenvalue weighted by molar-refractivity contribution is 7.89. The molecule has 4 amide bonds. The fraction of sp³-hybridized carbons (Fsp3) is 0.353. The van der Waals surface area contributed by atoms with E-state index in [-0.39, 0.29) is 97.0 Å². The molecule has 5 rings (SSSR count). The number of anilines is 4. The third kappa shape index (κ3) is 18.4. The molecule has 0 radical (unpaired) electrons. The first-order valence-corrected chi connectivity index (χ1v) is 27.7. The summed E-state index contributed by atoms with van der Waals surface area (Å²) in [4.78, 5) is 53.6. The number of nitrogens with one attached hydrogen (secondary N) is 6. The van der Waals surface area contributed by atoms with E-state index in [0.717, 1.165) is 17.5 Å². The second-order valence-electron chi connectivity index (χ2n) is 17.1. The Labute approximate surface area is 447 Å². The molecule has 4 aromatic carbocycles. The molecular weight excluding hydrogens is 1060 g/mol. The van der Waals surface area contributed by atoms with Gasteiger partial charge >= 0.3 is 0 Å². The average molecular weight is 1120 g/mol. The summed E-state index contributed by atoms with van der Waals surface area (Å²) in [6.07, 6.45) is 2.76. The van der Waals surface area contributed by atoms with Crippen LogP contribution in [0.25, 0.3) is 0 Å². The third-order valence-corrected chi connectivity index (χ3v) is 15.2. The molecule has 0 bridgehead atoms. The molecule has 18 nitrogen and oxygen atoms in total. The number of methoxy groups -OCH3 is 1. The molecule has 74 heavy (non-hydrogen) atoms. The predicted octanol–water partition coefficient (Wildman–Crippen LogP) is 9.61. The number of hydrogen-bond acceptors (Lipinski definition) is 12. The van der Waals surface area contributed by atoms with Gasteiger partial charge in [0.05, 0.1) is 49.7 Å². The second-order valence-corrected chi connectivity index (χ2v) is 21.8. The Morgan fingerprint density at radius 3 is 1.80 bits per heavy atom. The number of aromatic nitrogens is 1. The van der Waals surface area contributed by atoms with E-state index in [0.29, 0.717) is 36.4 Å². The van der Waals surface area contributed by atoms with Gasteiger partial charge in [-0.15, -0.1) is 0 Å². The van der Waals surface area contributed by atoms with Gasteiger partial charge in [0.15, 0.2) is 0 Å². The highest BCUT2D eigenvalue weighted by Gasteiger charge is 2.25. The summed E-state index contributed by atoms with van der Waals surface area (Å²) in [7, 11) is -6.27. The summed E-state index contributed by atoms with van der Waals surface area (Å²) in [6.45, 7) is 10.4. The van der Waals surface area contributed by atoms with Crippen LogP contribution in [0.5, 0.6) is 17.4 Å². The highest BCUT2D eigenvalue weighted by atomic mass is 35.5. The molecule has 0 aliphatic carbocycles. The van der Waals surface area contributed by atoms with Crippen LogP contribution in [0, 0.1) is 5.92 Å². The van der Waals surface area contributed by atoms with Crippen LogP contribution in [0.15, 0.2) is 94.7 Å². The molecule has 23 heteroatoms. The predicted molar refractivity (Wildman–Crippen MR) is 289 cm³/mol. The Hall–Kier alpha value is -6.00. The van der Waals surface area contributed by atoms with Crippen LogP contribution in [0.3, 0.4) is 0 Å². The maximum Gasteiger partial charge on any atom is 0.241 e. The van der Waals surface area contributed by atoms with Crippen molar-refractivity contribution in [1.29, 1.82) is 0 Å². The minimum Gasteiger partial charge on any atom is -0.506 e. The van der Waals surface area contributed by atoms with Crippen LogP contribution in [0.1, 0.15) is 90.5 Å². The van der Waals surface area contributed by atoms with E-state index in [1.54, 1.807) is 50.2 Å². The van der Waals surface area contributed by atoms with E-state index in [1.807, 2.05) is 32.9 Å². The van der Waals surface area contributed by atoms with Crippen molar-refractivity contribution in [2.75, 3.05) is 28.4 Å². The molecule has 8 N–H and O–H groups in total. The first kappa shape index (κ1) is 60.6. The van der Waals surface area contributed by atoms with Crippen molar-refractivity contribution in [3.63, 3.8) is 0 Å². The number of phenols is 2. The molecule has 3 atom stereocenters. The van der Waals surface area contributed by atoms with Crippen LogP contribution < -0.4 is 35.4 Å². The SMILES string of the molecule is CCc1cc(S(=O)(=O)NC(CC)CC(=O)Nc2cc(O)c(NC(=O)C(CC)Cc3cccc(Cl)c3)cc2Cl)cc(OC)n1.CCc1ccc(S(=O)(=O)NC(C)CCC(=O)Nc2cc(O)c(NC(C)=O)cc2Cl)cc1. The fourth-order valence-corrected chi connectivity index (χ4v) is 10.4. The first-order chi connectivity index (χ1) is 34.9. The van der Waals surface area contributed by atoms with Crippen molar-refractivity contribution < 1.29 is 51.0 Å². The van der Waals surface area contributed by atoms with E-state index >= 15 is 0 Å². The van der Waals surface area contributed by atoms with Gasteiger partial charge in [-0.3, -0.25) is 19.2 Å². The van der Waals surface area contributed by atoms with Crippen molar-refractivity contribution in [2.45, 2.75) is 115 Å². The van der Waals surface area contributed by atoms with Crippen LogP contribution in [0.4, 0.5) is 22.7 Å².